The fraction of sp³-hybridized carbons (Fsp3) is 0.500. The summed E-state index contributed by atoms with van der Waals surface area (Å²) in [6, 6.07) is 9.13. The molecule has 2 aromatic rings. The van der Waals surface area contributed by atoms with Gasteiger partial charge in [-0.05, 0) is 50.2 Å². The van der Waals surface area contributed by atoms with Crippen LogP contribution in [0.3, 0.4) is 0 Å². The molecule has 5 rings (SSSR count). The molecule has 1 atom stereocenters. The Morgan fingerprint density at radius 2 is 1.85 bits per heavy atom. The highest BCUT2D eigenvalue weighted by molar-refractivity contribution is 6.02. The minimum absolute atomic E-state index is 0.00698. The van der Waals surface area contributed by atoms with Crippen LogP contribution in [0.5, 0.6) is 0 Å². The summed E-state index contributed by atoms with van der Waals surface area (Å²) in [6.07, 6.45) is 4.78. The first-order valence-corrected chi connectivity index (χ1v) is 11.3. The monoisotopic (exact) mass is 453 g/mol. The molecule has 0 bridgehead atoms. The van der Waals surface area contributed by atoms with Crippen molar-refractivity contribution in [2.45, 2.75) is 56.5 Å². The number of amides is 1. The third-order valence-electron chi connectivity index (χ3n) is 7.25. The van der Waals surface area contributed by atoms with Gasteiger partial charge in [0, 0.05) is 49.1 Å². The lowest BCUT2D eigenvalue weighted by molar-refractivity contribution is -0.123. The van der Waals surface area contributed by atoms with Crippen LogP contribution in [-0.2, 0) is 10.4 Å². The third kappa shape index (κ3) is 3.93. The van der Waals surface area contributed by atoms with Crippen molar-refractivity contribution in [3.63, 3.8) is 0 Å². The summed E-state index contributed by atoms with van der Waals surface area (Å²) in [5.41, 5.74) is -1.02. The number of halogens is 2. The highest BCUT2D eigenvalue weighted by Crippen LogP contribution is 2.52. The zero-order valence-corrected chi connectivity index (χ0v) is 18.1. The van der Waals surface area contributed by atoms with Crippen molar-refractivity contribution in [2.75, 3.05) is 16.8 Å². The largest absolute Gasteiger partial charge is 0.385 e. The molecular weight excluding hydrogens is 428 g/mol. The predicted octanol–water partition coefficient (Wildman–Crippen LogP) is 4.27. The number of anilines is 3. The van der Waals surface area contributed by atoms with Crippen LogP contribution < -0.4 is 10.2 Å². The number of rotatable bonds is 5. The van der Waals surface area contributed by atoms with Crippen LogP contribution in [0.2, 0.25) is 0 Å². The number of aromatic nitrogens is 2. The second kappa shape index (κ2) is 7.73. The Kier molecular flexibility index (Phi) is 5.09. The average molecular weight is 453 g/mol. The quantitative estimate of drug-likeness (QED) is 0.701. The lowest BCUT2D eigenvalue weighted by Crippen LogP contribution is -2.36. The Bertz CT molecular complexity index is 1100. The first-order chi connectivity index (χ1) is 15.7. The zero-order valence-electron chi connectivity index (χ0n) is 18.1. The summed E-state index contributed by atoms with van der Waals surface area (Å²) >= 11 is 0. The molecule has 0 aromatic carbocycles. The maximum atomic E-state index is 13.5. The summed E-state index contributed by atoms with van der Waals surface area (Å²) in [7, 11) is 0. The van der Waals surface area contributed by atoms with E-state index >= 15 is 0 Å². The molecule has 2 saturated carbocycles. The van der Waals surface area contributed by atoms with Crippen LogP contribution in [0.15, 0.2) is 36.7 Å². The van der Waals surface area contributed by atoms with Gasteiger partial charge in [0.25, 0.3) is 0 Å². The molecule has 3 aliphatic rings. The number of carbonyl (C=O) groups excluding carboxylic acids is 1. The molecule has 7 nitrogen and oxygen atoms in total. The minimum Gasteiger partial charge on any atom is -0.385 e. The Morgan fingerprint density at radius 3 is 2.48 bits per heavy atom. The molecule has 2 aromatic heterocycles. The van der Waals surface area contributed by atoms with E-state index in [4.69, 9.17) is 0 Å². The van der Waals surface area contributed by atoms with Crippen LogP contribution in [0.4, 0.5) is 26.1 Å². The van der Waals surface area contributed by atoms with Crippen molar-refractivity contribution < 1.29 is 18.7 Å². The predicted molar refractivity (Wildman–Crippen MR) is 117 cm³/mol. The highest BCUT2D eigenvalue weighted by atomic mass is 19.3. The number of alkyl halides is 2. The number of aliphatic hydroxyl groups is 1. The highest BCUT2D eigenvalue weighted by Gasteiger charge is 2.56. The van der Waals surface area contributed by atoms with Gasteiger partial charge in [0.1, 0.15) is 17.1 Å². The summed E-state index contributed by atoms with van der Waals surface area (Å²) in [5.74, 6) is -1.74. The van der Waals surface area contributed by atoms with Gasteiger partial charge in [0.05, 0.1) is 11.7 Å². The lowest BCUT2D eigenvalue weighted by atomic mass is 9.79. The van der Waals surface area contributed by atoms with E-state index in [0.717, 1.165) is 12.8 Å². The van der Waals surface area contributed by atoms with Crippen LogP contribution >= 0.6 is 0 Å². The molecule has 0 spiro atoms. The molecule has 1 aliphatic heterocycles. The third-order valence-corrected chi connectivity index (χ3v) is 7.25. The van der Waals surface area contributed by atoms with Crippen molar-refractivity contribution in [2.24, 2.45) is 11.3 Å². The first kappa shape index (κ1) is 21.7. The summed E-state index contributed by atoms with van der Waals surface area (Å²) in [5, 5.41) is 23.5. The van der Waals surface area contributed by atoms with Gasteiger partial charge in [0.2, 0.25) is 11.8 Å². The molecule has 0 unspecified atom stereocenters. The van der Waals surface area contributed by atoms with E-state index in [-0.39, 0.29) is 37.5 Å². The van der Waals surface area contributed by atoms with Crippen LogP contribution in [0.1, 0.15) is 50.5 Å². The number of nitrogens with zero attached hydrogens (tertiary/aromatic N) is 4. The summed E-state index contributed by atoms with van der Waals surface area (Å²) < 4.78 is 26.9. The number of pyridine rings is 2. The zero-order chi connectivity index (χ0) is 23.3. The van der Waals surface area contributed by atoms with Gasteiger partial charge in [-0.1, -0.05) is 6.07 Å². The van der Waals surface area contributed by atoms with Gasteiger partial charge < -0.3 is 15.3 Å². The standard InChI is InChI=1S/C24H25F2N5O2/c25-24(26)8-6-23(33,7-9-24)17-3-4-19(29-14-17)30-20-13-18(5-11-28-20)31-12-10-22(15-27,21(31)32)16-1-2-16/h3-5,11,13-14,16,33H,1-2,6-10,12H2,(H,28,29,30)/t22-/m1/s1. The number of carbonyl (C=O) groups is 1. The average Bonchev–Trinajstić information content (AvgIpc) is 3.60. The second-order valence-corrected chi connectivity index (χ2v) is 9.41. The molecule has 9 heteroatoms. The van der Waals surface area contributed by atoms with Gasteiger partial charge >= 0.3 is 0 Å². The molecule has 0 radical (unpaired) electrons. The van der Waals surface area contributed by atoms with E-state index in [1.165, 1.54) is 6.20 Å². The van der Waals surface area contributed by atoms with E-state index in [9.17, 15) is 23.9 Å². The van der Waals surface area contributed by atoms with Crippen molar-refractivity contribution in [3.8, 4) is 6.07 Å². The maximum Gasteiger partial charge on any atom is 0.248 e. The Balaban J connectivity index is 1.29. The molecule has 172 valence electrons. The van der Waals surface area contributed by atoms with Crippen molar-refractivity contribution in [3.05, 3.63) is 42.2 Å². The minimum atomic E-state index is -2.72. The fourth-order valence-corrected chi connectivity index (χ4v) is 4.98. The van der Waals surface area contributed by atoms with E-state index in [0.29, 0.717) is 35.9 Å². The Morgan fingerprint density at radius 1 is 1.09 bits per heavy atom. The number of hydrogen-bond acceptors (Lipinski definition) is 6. The van der Waals surface area contributed by atoms with Crippen molar-refractivity contribution in [1.29, 1.82) is 5.26 Å². The molecule has 1 amide bonds. The van der Waals surface area contributed by atoms with Crippen LogP contribution in [0, 0.1) is 22.7 Å². The lowest BCUT2D eigenvalue weighted by Gasteiger charge is -2.36. The topological polar surface area (TPSA) is 102 Å². The molecular formula is C24H25F2N5O2. The van der Waals surface area contributed by atoms with E-state index in [2.05, 4.69) is 21.4 Å². The van der Waals surface area contributed by atoms with Crippen LogP contribution in [0.25, 0.3) is 0 Å². The van der Waals surface area contributed by atoms with Crippen molar-refractivity contribution in [1.82, 2.24) is 9.97 Å². The summed E-state index contributed by atoms with van der Waals surface area (Å²) in [4.78, 5) is 23.3. The number of nitriles is 1. The molecule has 2 N–H and O–H groups in total. The van der Waals surface area contributed by atoms with Gasteiger partial charge in [0.15, 0.2) is 0 Å². The van der Waals surface area contributed by atoms with E-state index < -0.39 is 16.9 Å². The normalized spacial score (nSPS) is 26.1. The van der Waals surface area contributed by atoms with Gasteiger partial charge in [-0.3, -0.25) is 4.79 Å². The second-order valence-electron chi connectivity index (χ2n) is 9.41. The molecule has 2 aliphatic carbocycles. The Hall–Kier alpha value is -3.12. The first-order valence-electron chi connectivity index (χ1n) is 11.3. The fourth-order valence-electron chi connectivity index (χ4n) is 4.98. The van der Waals surface area contributed by atoms with Gasteiger partial charge in [-0.15, -0.1) is 0 Å². The summed E-state index contributed by atoms with van der Waals surface area (Å²) in [6.45, 7) is 0.497. The van der Waals surface area contributed by atoms with Crippen LogP contribution in [-0.4, -0.2) is 33.4 Å². The SMILES string of the molecule is N#C[C@@]1(C2CC2)CCN(c2ccnc(Nc3ccc(C4(O)CCC(F)(F)CC4)cn3)c2)C1=O. The maximum absolute atomic E-state index is 13.5. The number of hydrogen-bond donors (Lipinski definition) is 2. The van der Waals surface area contributed by atoms with E-state index in [1.807, 2.05) is 0 Å². The number of nitrogens with one attached hydrogen (secondary N) is 1. The van der Waals surface area contributed by atoms with Gasteiger partial charge in [-0.25, -0.2) is 18.7 Å². The molecule has 3 fully saturated rings. The Labute approximate surface area is 190 Å². The van der Waals surface area contributed by atoms with E-state index in [1.54, 1.807) is 35.4 Å². The molecule has 3 heterocycles. The molecule has 33 heavy (non-hydrogen) atoms. The smallest absolute Gasteiger partial charge is 0.248 e. The molecule has 1 saturated heterocycles. The van der Waals surface area contributed by atoms with Crippen molar-refractivity contribution >= 4 is 23.2 Å². The van der Waals surface area contributed by atoms with Gasteiger partial charge in [-0.2, -0.15) is 5.26 Å².